The van der Waals surface area contributed by atoms with Crippen molar-refractivity contribution in [1.29, 1.82) is 0 Å². The second-order valence-electron chi connectivity index (χ2n) is 5.67. The lowest BCUT2D eigenvalue weighted by Gasteiger charge is -2.24. The molecule has 6 heteroatoms. The second kappa shape index (κ2) is 8.96. The highest BCUT2D eigenvalue weighted by Crippen LogP contribution is 2.42. The number of ether oxygens (including phenoxy) is 4. The van der Waals surface area contributed by atoms with Crippen LogP contribution in [0.4, 0.5) is 0 Å². The molecule has 1 aliphatic rings. The van der Waals surface area contributed by atoms with Gasteiger partial charge in [-0.25, -0.2) is 0 Å². The topological polar surface area (TPSA) is 60.4 Å². The van der Waals surface area contributed by atoms with Crippen LogP contribution in [-0.4, -0.2) is 49.9 Å². The Morgan fingerprint density at radius 3 is 2.52 bits per heavy atom. The van der Waals surface area contributed by atoms with Gasteiger partial charge < -0.3 is 24.1 Å². The minimum Gasteiger partial charge on any atom is -0.504 e. The summed E-state index contributed by atoms with van der Waals surface area (Å²) in [5.41, 5.74) is 0.793. The number of phenolic OH excluding ortho intramolecular Hbond substituents is 1. The maximum absolute atomic E-state index is 10.3. The molecule has 2 rings (SSSR count). The molecular weight excluding hydrogens is 298 g/mol. The zero-order chi connectivity index (χ0) is 16.7. The Balaban J connectivity index is 1.93. The fourth-order valence-electron chi connectivity index (χ4n) is 2.39. The van der Waals surface area contributed by atoms with E-state index < -0.39 is 0 Å². The highest BCUT2D eigenvalue weighted by Gasteiger charge is 2.21. The van der Waals surface area contributed by atoms with Gasteiger partial charge in [-0.2, -0.15) is 0 Å². The van der Waals surface area contributed by atoms with Gasteiger partial charge in [-0.3, -0.25) is 4.90 Å². The van der Waals surface area contributed by atoms with Gasteiger partial charge in [0.2, 0.25) is 12.5 Å². The summed E-state index contributed by atoms with van der Waals surface area (Å²) in [5, 5.41) is 10.3. The highest BCUT2D eigenvalue weighted by atomic mass is 16.7. The van der Waals surface area contributed by atoms with Gasteiger partial charge in [0.15, 0.2) is 17.8 Å². The molecule has 0 atom stereocenters. The Bertz CT molecular complexity index is 486. The minimum absolute atomic E-state index is 0.146. The van der Waals surface area contributed by atoms with Gasteiger partial charge in [0.1, 0.15) is 0 Å². The van der Waals surface area contributed by atoms with Crippen LogP contribution in [0.15, 0.2) is 12.1 Å². The van der Waals surface area contributed by atoms with Gasteiger partial charge in [-0.1, -0.05) is 19.9 Å². The number of hydrogen-bond donors (Lipinski definition) is 1. The molecule has 0 aromatic heterocycles. The van der Waals surface area contributed by atoms with E-state index in [1.165, 1.54) is 0 Å². The van der Waals surface area contributed by atoms with Crippen molar-refractivity contribution in [3.05, 3.63) is 17.7 Å². The molecule has 0 spiro atoms. The number of benzene rings is 1. The summed E-state index contributed by atoms with van der Waals surface area (Å²) >= 11 is 0. The Kier molecular flexibility index (Phi) is 6.95. The molecule has 1 aromatic carbocycles. The Hall–Kier alpha value is -1.50. The molecule has 0 radical (unpaired) electrons. The van der Waals surface area contributed by atoms with Crippen molar-refractivity contribution < 1.29 is 24.1 Å². The molecule has 130 valence electrons. The molecule has 6 nitrogen and oxygen atoms in total. The molecule has 0 amide bonds. The van der Waals surface area contributed by atoms with E-state index in [2.05, 4.69) is 18.7 Å². The van der Waals surface area contributed by atoms with E-state index in [1.807, 2.05) is 19.2 Å². The monoisotopic (exact) mass is 325 g/mol. The summed E-state index contributed by atoms with van der Waals surface area (Å²) in [6.07, 6.45) is 1.66. The number of hydrogen-bond acceptors (Lipinski definition) is 6. The lowest BCUT2D eigenvalue weighted by Crippen LogP contribution is -2.33. The molecule has 1 aliphatic heterocycles. The molecular formula is C17H27NO5. The Morgan fingerprint density at radius 1 is 1.17 bits per heavy atom. The summed E-state index contributed by atoms with van der Waals surface area (Å²) < 4.78 is 22.0. The normalized spacial score (nSPS) is 13.3. The first-order valence-corrected chi connectivity index (χ1v) is 8.17. The lowest BCUT2D eigenvalue weighted by atomic mass is 10.1. The van der Waals surface area contributed by atoms with Crippen LogP contribution in [0, 0.1) is 0 Å². The first-order chi connectivity index (χ1) is 11.2. The number of rotatable bonds is 10. The average molecular weight is 325 g/mol. The fourth-order valence-corrected chi connectivity index (χ4v) is 2.39. The summed E-state index contributed by atoms with van der Waals surface area (Å²) in [6.45, 7) is 6.86. The van der Waals surface area contributed by atoms with E-state index in [-0.39, 0.29) is 18.8 Å². The molecule has 1 heterocycles. The molecule has 0 bridgehead atoms. The summed E-state index contributed by atoms with van der Waals surface area (Å²) in [4.78, 5) is 2.06. The van der Waals surface area contributed by atoms with Gasteiger partial charge >= 0.3 is 0 Å². The van der Waals surface area contributed by atoms with Crippen molar-refractivity contribution in [2.45, 2.75) is 39.5 Å². The van der Waals surface area contributed by atoms with Crippen molar-refractivity contribution >= 4 is 0 Å². The maximum Gasteiger partial charge on any atom is 0.231 e. The standard InChI is InChI=1S/C17H27NO5/c1-4-8-20-15(21-9-5-2)11-18(3)10-13-6-7-14-17(16(13)19)23-12-22-14/h6-7,15,19H,4-5,8-12H2,1-3H3. The second-order valence-corrected chi connectivity index (χ2v) is 5.67. The molecule has 0 saturated heterocycles. The predicted molar refractivity (Wildman–Crippen MR) is 86.8 cm³/mol. The maximum atomic E-state index is 10.3. The van der Waals surface area contributed by atoms with E-state index in [1.54, 1.807) is 0 Å². The van der Waals surface area contributed by atoms with Crippen LogP contribution < -0.4 is 9.47 Å². The zero-order valence-corrected chi connectivity index (χ0v) is 14.2. The third-order valence-electron chi connectivity index (χ3n) is 3.51. The lowest BCUT2D eigenvalue weighted by molar-refractivity contribution is -0.151. The summed E-state index contributed by atoms with van der Waals surface area (Å²) in [5.74, 6) is 1.16. The largest absolute Gasteiger partial charge is 0.504 e. The zero-order valence-electron chi connectivity index (χ0n) is 14.2. The van der Waals surface area contributed by atoms with Crippen LogP contribution in [0.3, 0.4) is 0 Å². The molecule has 1 aromatic rings. The number of nitrogens with zero attached hydrogens (tertiary/aromatic N) is 1. The van der Waals surface area contributed by atoms with Crippen LogP contribution >= 0.6 is 0 Å². The number of phenols is 1. The van der Waals surface area contributed by atoms with Crippen molar-refractivity contribution in [3.63, 3.8) is 0 Å². The van der Waals surface area contributed by atoms with E-state index in [0.717, 1.165) is 18.4 Å². The summed E-state index contributed by atoms with van der Waals surface area (Å²) in [7, 11) is 1.97. The van der Waals surface area contributed by atoms with E-state index >= 15 is 0 Å². The quantitative estimate of drug-likeness (QED) is 0.668. The molecule has 0 aliphatic carbocycles. The Labute approximate surface area is 137 Å². The SMILES string of the molecule is CCCOC(CN(C)Cc1ccc2c(c1O)OCO2)OCCC. The van der Waals surface area contributed by atoms with Gasteiger partial charge in [0.05, 0.1) is 0 Å². The van der Waals surface area contributed by atoms with Crippen molar-refractivity contribution in [2.24, 2.45) is 0 Å². The van der Waals surface area contributed by atoms with Crippen LogP contribution in [0.1, 0.15) is 32.3 Å². The van der Waals surface area contributed by atoms with Crippen molar-refractivity contribution in [3.8, 4) is 17.2 Å². The van der Waals surface area contributed by atoms with Gasteiger partial charge in [-0.05, 0) is 26.0 Å². The van der Waals surface area contributed by atoms with Crippen LogP contribution in [0.5, 0.6) is 17.2 Å². The fraction of sp³-hybridized carbons (Fsp3) is 0.647. The minimum atomic E-state index is -0.254. The molecule has 23 heavy (non-hydrogen) atoms. The van der Waals surface area contributed by atoms with Gasteiger partial charge in [-0.15, -0.1) is 0 Å². The molecule has 0 unspecified atom stereocenters. The average Bonchev–Trinajstić information content (AvgIpc) is 3.02. The van der Waals surface area contributed by atoms with Crippen LogP contribution in [0.25, 0.3) is 0 Å². The van der Waals surface area contributed by atoms with E-state index in [0.29, 0.717) is 37.8 Å². The van der Waals surface area contributed by atoms with Gasteiger partial charge in [0, 0.05) is 31.9 Å². The van der Waals surface area contributed by atoms with Crippen LogP contribution in [-0.2, 0) is 16.0 Å². The van der Waals surface area contributed by atoms with Crippen molar-refractivity contribution in [2.75, 3.05) is 33.6 Å². The van der Waals surface area contributed by atoms with Gasteiger partial charge in [0.25, 0.3) is 0 Å². The van der Waals surface area contributed by atoms with Crippen molar-refractivity contribution in [1.82, 2.24) is 4.90 Å². The first-order valence-electron chi connectivity index (χ1n) is 8.17. The van der Waals surface area contributed by atoms with E-state index in [4.69, 9.17) is 18.9 Å². The summed E-state index contributed by atoms with van der Waals surface area (Å²) in [6, 6.07) is 3.68. The predicted octanol–water partition coefficient (Wildman–Crippen LogP) is 2.73. The molecule has 0 saturated carbocycles. The highest BCUT2D eigenvalue weighted by molar-refractivity contribution is 5.55. The molecule has 1 N–H and O–H groups in total. The Morgan fingerprint density at radius 2 is 1.87 bits per heavy atom. The number of fused-ring (bicyclic) bond motifs is 1. The number of aromatic hydroxyl groups is 1. The number of likely N-dealkylation sites (N-methyl/N-ethyl adjacent to an activating group) is 1. The third kappa shape index (κ3) is 4.99. The first kappa shape index (κ1) is 17.8. The smallest absolute Gasteiger partial charge is 0.231 e. The van der Waals surface area contributed by atoms with E-state index in [9.17, 15) is 5.11 Å². The third-order valence-corrected chi connectivity index (χ3v) is 3.51. The van der Waals surface area contributed by atoms with Crippen LogP contribution in [0.2, 0.25) is 0 Å². The molecule has 0 fully saturated rings.